The van der Waals surface area contributed by atoms with E-state index in [0.717, 1.165) is 11.5 Å². The lowest BCUT2D eigenvalue weighted by molar-refractivity contribution is 0.325. The second-order valence-corrected chi connectivity index (χ2v) is 2.27. The van der Waals surface area contributed by atoms with Crippen molar-refractivity contribution in [2.24, 2.45) is 0 Å². The van der Waals surface area contributed by atoms with E-state index in [1.54, 1.807) is 7.11 Å². The van der Waals surface area contributed by atoms with Gasteiger partial charge in [0.15, 0.2) is 0 Å². The largest absolute Gasteiger partial charge is 0.497 e. The highest BCUT2D eigenvalue weighted by Gasteiger charge is 1.92. The minimum Gasteiger partial charge on any atom is -0.497 e. The summed E-state index contributed by atoms with van der Waals surface area (Å²) in [5.74, 6) is 1.59. The van der Waals surface area contributed by atoms with Crippen molar-refractivity contribution in [3.05, 3.63) is 24.3 Å². The zero-order valence-electron chi connectivity index (χ0n) is 7.04. The van der Waals surface area contributed by atoms with Gasteiger partial charge in [0, 0.05) is 6.54 Å². The molecule has 3 heteroatoms. The quantitative estimate of drug-likeness (QED) is 0.677. The summed E-state index contributed by atoms with van der Waals surface area (Å²) in [6.07, 6.45) is 0. The van der Waals surface area contributed by atoms with Gasteiger partial charge in [-0.15, -0.1) is 0 Å². The Morgan fingerprint density at radius 2 is 1.75 bits per heavy atom. The summed E-state index contributed by atoms with van der Waals surface area (Å²) in [7, 11) is 1.62. The number of rotatable bonds is 4. The van der Waals surface area contributed by atoms with E-state index in [9.17, 15) is 0 Å². The molecule has 0 unspecified atom stereocenters. The zero-order valence-corrected chi connectivity index (χ0v) is 7.04. The van der Waals surface area contributed by atoms with Crippen molar-refractivity contribution in [3.8, 4) is 11.5 Å². The molecule has 0 saturated carbocycles. The molecule has 1 rings (SSSR count). The fourth-order valence-corrected chi connectivity index (χ4v) is 0.841. The highest BCUT2D eigenvalue weighted by atomic mass is 16.5. The van der Waals surface area contributed by atoms with Gasteiger partial charge in [-0.3, -0.25) is 5.73 Å². The summed E-state index contributed by atoms with van der Waals surface area (Å²) in [5.41, 5.74) is 6.88. The Hall–Kier alpha value is -1.22. The molecule has 0 aromatic heterocycles. The molecule has 0 saturated heterocycles. The van der Waals surface area contributed by atoms with Crippen molar-refractivity contribution < 1.29 is 9.47 Å². The van der Waals surface area contributed by atoms with E-state index in [1.165, 1.54) is 0 Å². The summed E-state index contributed by atoms with van der Waals surface area (Å²) in [6, 6.07) is 7.32. The molecule has 0 aliphatic heterocycles. The van der Waals surface area contributed by atoms with Gasteiger partial charge in [-0.2, -0.15) is 0 Å². The summed E-state index contributed by atoms with van der Waals surface area (Å²) >= 11 is 0. The molecule has 0 spiro atoms. The third kappa shape index (κ3) is 2.43. The predicted molar refractivity (Wildman–Crippen MR) is 46.5 cm³/mol. The van der Waals surface area contributed by atoms with Gasteiger partial charge >= 0.3 is 0 Å². The van der Waals surface area contributed by atoms with E-state index >= 15 is 0 Å². The van der Waals surface area contributed by atoms with Crippen LogP contribution in [0.15, 0.2) is 24.3 Å². The van der Waals surface area contributed by atoms with Gasteiger partial charge in [0.25, 0.3) is 0 Å². The maximum absolute atomic E-state index is 6.88. The van der Waals surface area contributed by atoms with Crippen molar-refractivity contribution in [1.82, 2.24) is 5.73 Å². The molecule has 12 heavy (non-hydrogen) atoms. The number of nitrogens with one attached hydrogen (secondary N) is 1. The van der Waals surface area contributed by atoms with Crippen molar-refractivity contribution in [2.45, 2.75) is 0 Å². The Balaban J connectivity index is 2.53. The van der Waals surface area contributed by atoms with Crippen molar-refractivity contribution >= 4 is 0 Å². The van der Waals surface area contributed by atoms with E-state index in [0.29, 0.717) is 6.61 Å². The Labute approximate surface area is 72.1 Å². The van der Waals surface area contributed by atoms with Crippen LogP contribution in [0.1, 0.15) is 0 Å². The SMILES string of the molecule is COc1ccc(OCC[NH])cc1. The average molecular weight is 166 g/mol. The van der Waals surface area contributed by atoms with Crippen LogP contribution in [0, 0.1) is 0 Å². The first-order chi connectivity index (χ1) is 5.86. The van der Waals surface area contributed by atoms with E-state index in [1.807, 2.05) is 24.3 Å². The average Bonchev–Trinajstić information content (AvgIpc) is 2.15. The Kier molecular flexibility index (Phi) is 3.41. The number of hydrogen-bond acceptors (Lipinski definition) is 2. The molecule has 1 aromatic carbocycles. The molecule has 0 aliphatic rings. The van der Waals surface area contributed by atoms with Crippen LogP contribution in [0.5, 0.6) is 11.5 Å². The zero-order chi connectivity index (χ0) is 8.81. The summed E-state index contributed by atoms with van der Waals surface area (Å²) in [4.78, 5) is 0. The Bertz CT molecular complexity index is 220. The lowest BCUT2D eigenvalue weighted by atomic mass is 10.3. The van der Waals surface area contributed by atoms with Gasteiger partial charge < -0.3 is 9.47 Å². The fourth-order valence-electron chi connectivity index (χ4n) is 0.841. The van der Waals surface area contributed by atoms with Crippen molar-refractivity contribution in [3.63, 3.8) is 0 Å². The minimum absolute atomic E-state index is 0.284. The second kappa shape index (κ2) is 4.62. The molecule has 0 amide bonds. The van der Waals surface area contributed by atoms with E-state index in [4.69, 9.17) is 15.2 Å². The van der Waals surface area contributed by atoms with Gasteiger partial charge in [-0.05, 0) is 24.3 Å². The van der Waals surface area contributed by atoms with Gasteiger partial charge in [-0.25, -0.2) is 0 Å². The maximum Gasteiger partial charge on any atom is 0.119 e. The predicted octanol–water partition coefficient (Wildman–Crippen LogP) is 1.36. The number of hydrogen-bond donors (Lipinski definition) is 0. The topological polar surface area (TPSA) is 42.3 Å². The monoisotopic (exact) mass is 166 g/mol. The van der Waals surface area contributed by atoms with Gasteiger partial charge in [0.1, 0.15) is 18.1 Å². The van der Waals surface area contributed by atoms with E-state index in [-0.39, 0.29) is 6.54 Å². The molecule has 0 aliphatic carbocycles. The first-order valence-electron chi connectivity index (χ1n) is 3.78. The first kappa shape index (κ1) is 8.87. The fraction of sp³-hybridized carbons (Fsp3) is 0.333. The first-order valence-corrected chi connectivity index (χ1v) is 3.78. The summed E-state index contributed by atoms with van der Waals surface area (Å²) < 4.78 is 10.2. The maximum atomic E-state index is 6.88. The molecule has 0 heterocycles. The van der Waals surface area contributed by atoms with Crippen LogP contribution in [0.2, 0.25) is 0 Å². The molecule has 0 bridgehead atoms. The minimum atomic E-state index is 0.284. The van der Waals surface area contributed by atoms with E-state index < -0.39 is 0 Å². The molecular formula is C9H12NO2. The van der Waals surface area contributed by atoms with Gasteiger partial charge in [-0.1, -0.05) is 0 Å². The molecule has 1 radical (unpaired) electrons. The molecule has 65 valence electrons. The lowest BCUT2D eigenvalue weighted by Crippen LogP contribution is -2.02. The number of benzene rings is 1. The standard InChI is InChI=1S/C9H12NO2/c1-11-8-2-4-9(5-3-8)12-7-6-10/h2-5,10H,6-7H2,1H3. The van der Waals surface area contributed by atoms with Crippen LogP contribution in [-0.4, -0.2) is 20.3 Å². The highest BCUT2D eigenvalue weighted by Crippen LogP contribution is 2.16. The molecule has 0 fully saturated rings. The molecule has 3 nitrogen and oxygen atoms in total. The number of ether oxygens (including phenoxy) is 2. The van der Waals surface area contributed by atoms with E-state index in [2.05, 4.69) is 0 Å². The van der Waals surface area contributed by atoms with Crippen LogP contribution in [-0.2, 0) is 0 Å². The smallest absolute Gasteiger partial charge is 0.119 e. The van der Waals surface area contributed by atoms with Crippen LogP contribution in [0.4, 0.5) is 0 Å². The van der Waals surface area contributed by atoms with Crippen LogP contribution < -0.4 is 15.2 Å². The van der Waals surface area contributed by atoms with Crippen molar-refractivity contribution in [2.75, 3.05) is 20.3 Å². The molecule has 1 aromatic rings. The van der Waals surface area contributed by atoms with Gasteiger partial charge in [0.05, 0.1) is 7.11 Å². The van der Waals surface area contributed by atoms with Gasteiger partial charge in [0.2, 0.25) is 0 Å². The van der Waals surface area contributed by atoms with Crippen molar-refractivity contribution in [1.29, 1.82) is 0 Å². The summed E-state index contributed by atoms with van der Waals surface area (Å²) in [5, 5.41) is 0. The van der Waals surface area contributed by atoms with Crippen LogP contribution in [0.25, 0.3) is 0 Å². The molecular weight excluding hydrogens is 154 g/mol. The number of methoxy groups -OCH3 is 1. The summed E-state index contributed by atoms with van der Waals surface area (Å²) in [6.45, 7) is 0.721. The third-order valence-electron chi connectivity index (χ3n) is 1.43. The Morgan fingerprint density at radius 1 is 1.17 bits per heavy atom. The lowest BCUT2D eigenvalue weighted by Gasteiger charge is -2.04. The molecule has 1 N–H and O–H groups in total. The second-order valence-electron chi connectivity index (χ2n) is 2.27. The Morgan fingerprint density at radius 3 is 2.25 bits per heavy atom. The van der Waals surface area contributed by atoms with Crippen LogP contribution in [0.3, 0.4) is 0 Å². The molecule has 0 atom stereocenters. The van der Waals surface area contributed by atoms with Crippen LogP contribution >= 0.6 is 0 Å². The normalized spacial score (nSPS) is 9.50. The third-order valence-corrected chi connectivity index (χ3v) is 1.43. The highest BCUT2D eigenvalue weighted by molar-refractivity contribution is 5.31.